The number of hydrazine groups is 1. The monoisotopic (exact) mass is 415 g/mol. The Morgan fingerprint density at radius 3 is 2.59 bits per heavy atom. The number of alkyl halides is 1. The molecule has 29 heavy (non-hydrogen) atoms. The van der Waals surface area contributed by atoms with Crippen molar-refractivity contribution in [3.8, 4) is 5.75 Å². The number of β-lactam (4-membered cyclic amide) rings is 1. The smallest absolute Gasteiger partial charge is 0.276 e. The number of rotatable bonds is 7. The first-order valence-corrected chi connectivity index (χ1v) is 9.69. The Kier molecular flexibility index (Phi) is 6.17. The largest absolute Gasteiger partial charge is 0.483 e. The number of amides is 2. The highest BCUT2D eigenvalue weighted by atomic mass is 35.5. The van der Waals surface area contributed by atoms with Gasteiger partial charge in [-0.25, -0.2) is 5.01 Å². The second kappa shape index (κ2) is 8.61. The lowest BCUT2D eigenvalue weighted by Gasteiger charge is -2.43. The minimum atomic E-state index is -0.725. The second-order valence-corrected chi connectivity index (χ2v) is 7.68. The molecular formula is C21H22ClN3O4. The molecule has 0 aromatic heterocycles. The van der Waals surface area contributed by atoms with E-state index in [9.17, 15) is 14.5 Å². The van der Waals surface area contributed by atoms with Gasteiger partial charge in [0.25, 0.3) is 11.8 Å². The molecule has 2 aromatic rings. The quantitative estimate of drug-likeness (QED) is 0.418. The van der Waals surface area contributed by atoms with Gasteiger partial charge in [-0.15, -0.1) is 16.5 Å². The lowest BCUT2D eigenvalue weighted by molar-refractivity contribution is -0.157. The molecule has 2 unspecified atom stereocenters. The number of halogens is 1. The summed E-state index contributed by atoms with van der Waals surface area (Å²) in [5.74, 6) is -0.266. The molecule has 0 bridgehead atoms. The van der Waals surface area contributed by atoms with Gasteiger partial charge in [0.15, 0.2) is 6.61 Å². The molecule has 1 N–H and O–H groups in total. The molecule has 1 heterocycles. The maximum atomic E-state index is 12.4. The number of benzene rings is 2. The lowest BCUT2D eigenvalue weighted by atomic mass is 9.95. The van der Waals surface area contributed by atoms with Crippen molar-refractivity contribution >= 4 is 29.1 Å². The van der Waals surface area contributed by atoms with Crippen molar-refractivity contribution in [2.45, 2.75) is 38.1 Å². The molecule has 2 atom stereocenters. The second-order valence-electron chi connectivity index (χ2n) is 7.21. The van der Waals surface area contributed by atoms with Gasteiger partial charge < -0.3 is 4.74 Å². The van der Waals surface area contributed by atoms with E-state index in [1.807, 2.05) is 44.2 Å². The summed E-state index contributed by atoms with van der Waals surface area (Å²) in [7, 11) is 0. The molecule has 0 radical (unpaired) electrons. The minimum Gasteiger partial charge on any atom is -0.483 e. The highest BCUT2D eigenvalue weighted by Gasteiger charge is 2.48. The van der Waals surface area contributed by atoms with Crippen LogP contribution in [-0.4, -0.2) is 28.8 Å². The highest BCUT2D eigenvalue weighted by Crippen LogP contribution is 2.37. The van der Waals surface area contributed by atoms with Crippen LogP contribution in [0, 0.1) is 11.8 Å². The van der Waals surface area contributed by atoms with Crippen LogP contribution in [0.3, 0.4) is 0 Å². The number of carbonyl (C=O) groups is 2. The molecule has 1 saturated heterocycles. The maximum absolute atomic E-state index is 12.4. The number of ether oxygens (including phenoxy) is 1. The van der Waals surface area contributed by atoms with Gasteiger partial charge in [-0.05, 0) is 46.8 Å². The SMILES string of the molecule is Cc1cc(OCC(=O)NN2C(=O)C(Cl)C2c2ccccc2)c(C(C)C)cc1N=O. The number of carbonyl (C=O) groups excluding carboxylic acids is 2. The van der Waals surface area contributed by atoms with Crippen molar-refractivity contribution in [2.24, 2.45) is 5.18 Å². The zero-order valence-corrected chi connectivity index (χ0v) is 17.1. The molecule has 1 aliphatic heterocycles. The molecule has 2 amide bonds. The highest BCUT2D eigenvalue weighted by molar-refractivity contribution is 6.33. The fourth-order valence-electron chi connectivity index (χ4n) is 3.22. The van der Waals surface area contributed by atoms with Gasteiger partial charge in [0.1, 0.15) is 22.9 Å². The van der Waals surface area contributed by atoms with Crippen LogP contribution in [0.5, 0.6) is 5.75 Å². The van der Waals surface area contributed by atoms with Gasteiger partial charge in [0.05, 0.1) is 0 Å². The van der Waals surface area contributed by atoms with Crippen LogP contribution in [0.4, 0.5) is 5.69 Å². The van der Waals surface area contributed by atoms with Gasteiger partial charge in [-0.2, -0.15) is 0 Å². The van der Waals surface area contributed by atoms with Gasteiger partial charge in [-0.3, -0.25) is 15.0 Å². The summed E-state index contributed by atoms with van der Waals surface area (Å²) < 4.78 is 5.69. The molecule has 0 spiro atoms. The third-order valence-electron chi connectivity index (χ3n) is 4.82. The van der Waals surface area contributed by atoms with E-state index in [-0.39, 0.29) is 18.4 Å². The van der Waals surface area contributed by atoms with E-state index < -0.39 is 17.3 Å². The average molecular weight is 416 g/mol. The van der Waals surface area contributed by atoms with Gasteiger partial charge in [-0.1, -0.05) is 44.2 Å². The van der Waals surface area contributed by atoms with Crippen LogP contribution in [0.25, 0.3) is 0 Å². The normalized spacial score (nSPS) is 18.4. The zero-order valence-electron chi connectivity index (χ0n) is 16.4. The van der Waals surface area contributed by atoms with Gasteiger partial charge in [0, 0.05) is 0 Å². The first-order chi connectivity index (χ1) is 13.8. The summed E-state index contributed by atoms with van der Waals surface area (Å²) in [5.41, 5.74) is 5.19. The number of hydrogen-bond acceptors (Lipinski definition) is 5. The average Bonchev–Trinajstić information content (AvgIpc) is 2.72. The molecule has 0 aliphatic carbocycles. The fraction of sp³-hybridized carbons (Fsp3) is 0.333. The van der Waals surface area contributed by atoms with Crippen molar-refractivity contribution in [3.63, 3.8) is 0 Å². The predicted molar refractivity (Wildman–Crippen MR) is 110 cm³/mol. The standard InChI is InChI=1S/C21H22ClN3O4/c1-12(2)15-10-16(24-28)13(3)9-17(15)29-11-18(26)23-25-20(19(22)21(25)27)14-7-5-4-6-8-14/h4-10,12,19-20H,11H2,1-3H3,(H,23,26). The summed E-state index contributed by atoms with van der Waals surface area (Å²) in [6.07, 6.45) is 0. The molecule has 1 fully saturated rings. The van der Waals surface area contributed by atoms with E-state index >= 15 is 0 Å². The van der Waals surface area contributed by atoms with Crippen molar-refractivity contribution in [2.75, 3.05) is 6.61 Å². The van der Waals surface area contributed by atoms with E-state index in [2.05, 4.69) is 10.6 Å². The lowest BCUT2D eigenvalue weighted by Crippen LogP contribution is -2.63. The zero-order chi connectivity index (χ0) is 21.1. The Bertz CT molecular complexity index is 933. The number of aryl methyl sites for hydroxylation is 1. The summed E-state index contributed by atoms with van der Waals surface area (Å²) in [5, 5.41) is 3.52. The summed E-state index contributed by atoms with van der Waals surface area (Å²) in [4.78, 5) is 35.5. The first-order valence-electron chi connectivity index (χ1n) is 9.25. The predicted octanol–water partition coefficient (Wildman–Crippen LogP) is 4.12. The molecule has 2 aromatic carbocycles. The molecule has 3 rings (SSSR count). The van der Waals surface area contributed by atoms with E-state index in [1.165, 1.54) is 5.01 Å². The van der Waals surface area contributed by atoms with E-state index in [0.29, 0.717) is 17.0 Å². The minimum absolute atomic E-state index is 0.0746. The molecule has 8 heteroatoms. The summed E-state index contributed by atoms with van der Waals surface area (Å²) >= 11 is 6.14. The third-order valence-corrected chi connectivity index (χ3v) is 5.25. The Labute approximate surface area is 173 Å². The summed E-state index contributed by atoms with van der Waals surface area (Å²) in [6.45, 7) is 5.37. The third kappa shape index (κ3) is 4.24. The Morgan fingerprint density at radius 2 is 1.97 bits per heavy atom. The van der Waals surface area contributed by atoms with Crippen molar-refractivity contribution in [3.05, 3.63) is 64.1 Å². The molecule has 7 nitrogen and oxygen atoms in total. The fourth-order valence-corrected chi connectivity index (χ4v) is 3.58. The van der Waals surface area contributed by atoms with Crippen LogP contribution < -0.4 is 10.2 Å². The Morgan fingerprint density at radius 1 is 1.28 bits per heavy atom. The van der Waals surface area contributed by atoms with E-state index in [0.717, 1.165) is 11.1 Å². The van der Waals surface area contributed by atoms with Crippen molar-refractivity contribution < 1.29 is 14.3 Å². The van der Waals surface area contributed by atoms with Gasteiger partial charge >= 0.3 is 0 Å². The van der Waals surface area contributed by atoms with Crippen LogP contribution in [0.15, 0.2) is 47.6 Å². The number of nitroso groups, excluding NO2 is 1. The first kappa shape index (κ1) is 20.8. The maximum Gasteiger partial charge on any atom is 0.276 e. The van der Waals surface area contributed by atoms with Gasteiger partial charge in [0.2, 0.25) is 0 Å². The molecule has 0 saturated carbocycles. The van der Waals surface area contributed by atoms with Crippen LogP contribution in [-0.2, 0) is 9.59 Å². The Balaban J connectivity index is 1.68. The van der Waals surface area contributed by atoms with Crippen LogP contribution >= 0.6 is 11.6 Å². The van der Waals surface area contributed by atoms with Crippen LogP contribution in [0.1, 0.15) is 42.5 Å². The van der Waals surface area contributed by atoms with Crippen molar-refractivity contribution in [1.29, 1.82) is 0 Å². The Hall–Kier alpha value is -2.93. The van der Waals surface area contributed by atoms with Crippen LogP contribution in [0.2, 0.25) is 0 Å². The van der Waals surface area contributed by atoms with E-state index in [4.69, 9.17) is 16.3 Å². The van der Waals surface area contributed by atoms with Crippen molar-refractivity contribution in [1.82, 2.24) is 10.4 Å². The molecular weight excluding hydrogens is 394 g/mol. The number of nitrogens with zero attached hydrogens (tertiary/aromatic N) is 2. The summed E-state index contributed by atoms with van der Waals surface area (Å²) in [6, 6.07) is 12.2. The van der Waals surface area contributed by atoms with E-state index in [1.54, 1.807) is 19.1 Å². The number of hydrogen-bond donors (Lipinski definition) is 1. The number of nitrogens with one attached hydrogen (secondary N) is 1. The molecule has 152 valence electrons. The molecule has 1 aliphatic rings. The topological polar surface area (TPSA) is 88.1 Å².